The van der Waals surface area contributed by atoms with E-state index in [0.717, 1.165) is 75.3 Å². The first kappa shape index (κ1) is 34.3. The largest absolute Gasteiger partial charge is 0.370 e. The molecule has 3 unspecified atom stereocenters. The number of hydrogen-bond donors (Lipinski definition) is 4. The van der Waals surface area contributed by atoms with E-state index in [2.05, 4.69) is 10.6 Å². The lowest BCUT2D eigenvalue weighted by Crippen LogP contribution is -2.57. The Kier molecular flexibility index (Phi) is 11.2. The summed E-state index contributed by atoms with van der Waals surface area (Å²) in [6.45, 7) is 1.30. The molecule has 2 aromatic rings. The van der Waals surface area contributed by atoms with Crippen LogP contribution in [0.25, 0.3) is 11.0 Å². The van der Waals surface area contributed by atoms with E-state index in [1.165, 1.54) is 4.57 Å². The molecule has 47 heavy (non-hydrogen) atoms. The van der Waals surface area contributed by atoms with Gasteiger partial charge in [-0.25, -0.2) is 4.79 Å². The van der Waals surface area contributed by atoms with E-state index in [0.29, 0.717) is 30.9 Å². The number of nitrogens with zero attached hydrogens (tertiary/aromatic N) is 3. The van der Waals surface area contributed by atoms with Gasteiger partial charge in [0.1, 0.15) is 12.1 Å². The number of likely N-dealkylation sites (tertiary alicyclic amines) is 1. The summed E-state index contributed by atoms with van der Waals surface area (Å²) >= 11 is 0. The molecule has 13 nitrogen and oxygen atoms in total. The predicted molar refractivity (Wildman–Crippen MR) is 176 cm³/mol. The molecule has 0 spiro atoms. The van der Waals surface area contributed by atoms with Crippen LogP contribution in [0.1, 0.15) is 95.1 Å². The molecule has 2 aliphatic heterocycles. The van der Waals surface area contributed by atoms with Gasteiger partial charge in [0.25, 0.3) is 0 Å². The van der Waals surface area contributed by atoms with Gasteiger partial charge in [0.05, 0.1) is 17.1 Å². The van der Waals surface area contributed by atoms with Crippen LogP contribution in [-0.4, -0.2) is 68.7 Å². The van der Waals surface area contributed by atoms with Crippen LogP contribution in [0.4, 0.5) is 0 Å². The van der Waals surface area contributed by atoms with Gasteiger partial charge in [-0.05, 0) is 87.3 Å². The summed E-state index contributed by atoms with van der Waals surface area (Å²) in [4.78, 5) is 76.9. The van der Waals surface area contributed by atoms with Gasteiger partial charge in [-0.3, -0.25) is 38.4 Å². The van der Waals surface area contributed by atoms with Crippen molar-refractivity contribution in [3.63, 3.8) is 0 Å². The van der Waals surface area contributed by atoms with Gasteiger partial charge < -0.3 is 21.7 Å². The molecule has 5 rings (SSSR count). The van der Waals surface area contributed by atoms with Crippen molar-refractivity contribution in [1.82, 2.24) is 24.7 Å². The van der Waals surface area contributed by atoms with Gasteiger partial charge in [-0.1, -0.05) is 25.3 Å². The Balaban J connectivity index is 1.14. The van der Waals surface area contributed by atoms with Gasteiger partial charge >= 0.3 is 5.69 Å². The first-order chi connectivity index (χ1) is 22.5. The maximum atomic E-state index is 13.8. The van der Waals surface area contributed by atoms with E-state index >= 15 is 0 Å². The van der Waals surface area contributed by atoms with Crippen LogP contribution in [0.3, 0.4) is 0 Å². The van der Waals surface area contributed by atoms with E-state index < -0.39 is 35.8 Å². The number of rotatable bonds is 12. The number of piperidine rings is 2. The Morgan fingerprint density at radius 2 is 1.72 bits per heavy atom. The number of carbonyl (C=O) groups is 5. The van der Waals surface area contributed by atoms with E-state index in [1.54, 1.807) is 11.6 Å². The normalized spacial score (nSPS) is 21.0. The smallest absolute Gasteiger partial charge is 0.329 e. The number of hydrogen-bond acceptors (Lipinski definition) is 7. The van der Waals surface area contributed by atoms with Crippen LogP contribution in [0.5, 0.6) is 0 Å². The highest BCUT2D eigenvalue weighted by Crippen LogP contribution is 2.30. The Hall–Kier alpha value is -4.00. The molecular formula is C34H49N7O6. The van der Waals surface area contributed by atoms with E-state index in [9.17, 15) is 28.8 Å². The van der Waals surface area contributed by atoms with Crippen LogP contribution < -0.4 is 27.8 Å². The summed E-state index contributed by atoms with van der Waals surface area (Å²) in [5, 5.41) is 5.30. The predicted octanol–water partition coefficient (Wildman–Crippen LogP) is 1.54. The highest BCUT2D eigenvalue weighted by molar-refractivity contribution is 6.00. The van der Waals surface area contributed by atoms with Crippen molar-refractivity contribution in [1.29, 1.82) is 0 Å². The van der Waals surface area contributed by atoms with Crippen molar-refractivity contribution in [3.8, 4) is 0 Å². The molecule has 0 bridgehead atoms. The Morgan fingerprint density at radius 1 is 1.00 bits per heavy atom. The highest BCUT2D eigenvalue weighted by atomic mass is 16.2. The molecule has 0 radical (unpaired) electrons. The van der Waals surface area contributed by atoms with Gasteiger partial charge in [-0.2, -0.15) is 0 Å². The van der Waals surface area contributed by atoms with Crippen molar-refractivity contribution in [2.75, 3.05) is 13.1 Å². The maximum Gasteiger partial charge on any atom is 0.329 e. The fourth-order valence-electron chi connectivity index (χ4n) is 7.57. The SMILES string of the molecule is Cn1c(=O)n(C2CCC(=O)NC2=O)c2ccc(CCCC3CCN(C(=O)C(NC(=O)C(N)CCC(N)=O)C4CCCCC4)CC3)cc21. The molecule has 1 aliphatic carbocycles. The summed E-state index contributed by atoms with van der Waals surface area (Å²) in [6, 6.07) is 3.72. The summed E-state index contributed by atoms with van der Waals surface area (Å²) in [7, 11) is 1.70. The molecular weight excluding hydrogens is 602 g/mol. The second-order valence-electron chi connectivity index (χ2n) is 13.7. The molecule has 3 atom stereocenters. The Morgan fingerprint density at radius 3 is 2.40 bits per heavy atom. The first-order valence-corrected chi connectivity index (χ1v) is 17.2. The average molecular weight is 652 g/mol. The van der Waals surface area contributed by atoms with Crippen LogP contribution >= 0.6 is 0 Å². The lowest BCUT2D eigenvalue weighted by Gasteiger charge is -2.38. The van der Waals surface area contributed by atoms with Crippen molar-refractivity contribution < 1.29 is 24.0 Å². The molecule has 3 aliphatic rings. The zero-order valence-corrected chi connectivity index (χ0v) is 27.4. The number of carbonyl (C=O) groups excluding carboxylic acids is 5. The van der Waals surface area contributed by atoms with Crippen molar-refractivity contribution in [2.24, 2.45) is 30.4 Å². The zero-order valence-electron chi connectivity index (χ0n) is 27.4. The molecule has 6 N–H and O–H groups in total. The van der Waals surface area contributed by atoms with Gasteiger partial charge in [0.2, 0.25) is 29.5 Å². The quantitative estimate of drug-likeness (QED) is 0.250. The Bertz CT molecular complexity index is 1550. The second kappa shape index (κ2) is 15.3. The number of imide groups is 1. The topological polar surface area (TPSA) is 192 Å². The van der Waals surface area contributed by atoms with Crippen LogP contribution in [0.15, 0.2) is 23.0 Å². The number of fused-ring (bicyclic) bond motifs is 1. The van der Waals surface area contributed by atoms with Gasteiger partial charge in [0, 0.05) is 33.0 Å². The van der Waals surface area contributed by atoms with E-state index in [4.69, 9.17) is 11.5 Å². The summed E-state index contributed by atoms with van der Waals surface area (Å²) in [6.07, 6.45) is 10.3. The number of benzene rings is 1. The number of primary amides is 1. The van der Waals surface area contributed by atoms with Crippen molar-refractivity contribution in [3.05, 3.63) is 34.2 Å². The number of imidazole rings is 1. The number of aromatic nitrogens is 2. The second-order valence-corrected chi connectivity index (χ2v) is 13.7. The number of nitrogens with one attached hydrogen (secondary N) is 2. The van der Waals surface area contributed by atoms with Crippen LogP contribution in [-0.2, 0) is 37.4 Å². The fraction of sp³-hybridized carbons (Fsp3) is 0.647. The minimum atomic E-state index is -0.886. The molecule has 5 amide bonds. The highest BCUT2D eigenvalue weighted by Gasteiger charge is 2.36. The fourth-order valence-corrected chi connectivity index (χ4v) is 7.57. The molecule has 1 saturated carbocycles. The monoisotopic (exact) mass is 651 g/mol. The molecule has 1 aromatic carbocycles. The third-order valence-corrected chi connectivity index (χ3v) is 10.4. The van der Waals surface area contributed by atoms with Gasteiger partial charge in [-0.15, -0.1) is 0 Å². The van der Waals surface area contributed by atoms with Gasteiger partial charge in [0.15, 0.2) is 0 Å². The minimum Gasteiger partial charge on any atom is -0.370 e. The lowest BCUT2D eigenvalue weighted by molar-refractivity contribution is -0.140. The molecule has 1 aromatic heterocycles. The molecule has 3 fully saturated rings. The van der Waals surface area contributed by atoms with Crippen molar-refractivity contribution >= 4 is 40.6 Å². The summed E-state index contributed by atoms with van der Waals surface area (Å²) in [5.41, 5.74) is 13.5. The Labute approximate surface area is 274 Å². The van der Waals surface area contributed by atoms with Crippen LogP contribution in [0, 0.1) is 11.8 Å². The maximum absolute atomic E-state index is 13.8. The van der Waals surface area contributed by atoms with Crippen molar-refractivity contribution in [2.45, 2.75) is 108 Å². The third-order valence-electron chi connectivity index (χ3n) is 10.4. The number of amides is 5. The van der Waals surface area contributed by atoms with E-state index in [-0.39, 0.29) is 42.7 Å². The average Bonchev–Trinajstić information content (AvgIpc) is 3.31. The molecule has 256 valence electrons. The standard InChI is InChI=1S/C34H49N7O6/c1-39-27-20-22(10-12-25(27)41(34(39)47)26-13-15-29(43)37-32(26)45)7-5-6-21-16-18-40(19-17-21)33(46)30(23-8-3-2-4-9-23)38-31(44)24(35)11-14-28(36)42/h10,12,20-21,23-24,26,30H,2-9,11,13-19,35H2,1H3,(H2,36,42)(H,38,44)(H,37,43,45). The minimum absolute atomic E-state index is 0.0243. The first-order valence-electron chi connectivity index (χ1n) is 17.2. The third kappa shape index (κ3) is 8.11. The molecule has 2 saturated heterocycles. The zero-order chi connectivity index (χ0) is 33.7. The molecule has 13 heteroatoms. The number of nitrogens with two attached hydrogens (primary N) is 2. The number of aryl methyl sites for hydroxylation is 2. The van der Waals surface area contributed by atoms with E-state index in [1.807, 2.05) is 23.1 Å². The lowest BCUT2D eigenvalue weighted by atomic mass is 9.82. The molecule has 3 heterocycles. The summed E-state index contributed by atoms with van der Waals surface area (Å²) < 4.78 is 3.06. The summed E-state index contributed by atoms with van der Waals surface area (Å²) in [5.74, 6) is -1.13. The van der Waals surface area contributed by atoms with Crippen LogP contribution in [0.2, 0.25) is 0 Å².